The fourth-order valence-electron chi connectivity index (χ4n) is 0.468. The molecule has 0 bridgehead atoms. The van der Waals surface area contributed by atoms with Gasteiger partial charge < -0.3 is 0 Å². The molecule has 1 rings (SSSR count). The van der Waals surface area contributed by atoms with E-state index in [1.54, 1.807) is 6.20 Å². The highest BCUT2D eigenvalue weighted by atomic mass is 19.4. The van der Waals surface area contributed by atoms with E-state index >= 15 is 0 Å². The van der Waals surface area contributed by atoms with E-state index in [2.05, 4.69) is 5.10 Å². The van der Waals surface area contributed by atoms with Gasteiger partial charge in [0.25, 0.3) is 0 Å². The summed E-state index contributed by atoms with van der Waals surface area (Å²) < 4.78 is 46.2. The fourth-order valence-corrected chi connectivity index (χ4v) is 0.468. The van der Waals surface area contributed by atoms with Gasteiger partial charge in [-0.3, -0.25) is 0 Å². The molecule has 0 spiro atoms. The lowest BCUT2D eigenvalue weighted by Crippen LogP contribution is -2.17. The van der Waals surface area contributed by atoms with Crippen LogP contribution in [-0.2, 0) is 13.0 Å². The first-order valence-electron chi connectivity index (χ1n) is 2.56. The van der Waals surface area contributed by atoms with E-state index in [4.69, 9.17) is 0 Å². The maximum Gasteiger partial charge on any atom is 0.505 e. The lowest BCUT2D eigenvalue weighted by molar-refractivity contribution is -0.213. The molecular weight excluding hydrogens is 164 g/mol. The Morgan fingerprint density at radius 1 is 1.45 bits per heavy atom. The van der Waals surface area contributed by atoms with Gasteiger partial charge in [-0.15, -0.1) is 13.2 Å². The minimum atomic E-state index is -4.64. The van der Waals surface area contributed by atoms with Crippen LogP contribution in [0.3, 0.4) is 0 Å². The largest absolute Gasteiger partial charge is 0.505 e. The lowest BCUT2D eigenvalue weighted by atomic mass is 10.4. The maximum atomic E-state index is 11.7. The molecule has 2 nitrogen and oxygen atoms in total. The van der Waals surface area contributed by atoms with Gasteiger partial charge in [-0.1, -0.05) is 0 Å². The van der Waals surface area contributed by atoms with Crippen LogP contribution in [0.5, 0.6) is 0 Å². The van der Waals surface area contributed by atoms with Crippen molar-refractivity contribution in [3.05, 3.63) is 18.0 Å². The van der Waals surface area contributed by atoms with Crippen molar-refractivity contribution in [2.24, 2.45) is 0 Å². The molecule has 11 heavy (non-hydrogen) atoms. The average molecular weight is 166 g/mol. The number of rotatable bonds is 1. The van der Waals surface area contributed by atoms with E-state index in [1.807, 2.05) is 6.20 Å². The SMILES string of the molecule is FCc1[c]nn(C(F)(F)F)[c]1. The Morgan fingerprint density at radius 3 is 2.36 bits per heavy atom. The Hall–Kier alpha value is -1.07. The van der Waals surface area contributed by atoms with Gasteiger partial charge in [0.2, 0.25) is 0 Å². The predicted molar refractivity (Wildman–Crippen MR) is 26.0 cm³/mol. The van der Waals surface area contributed by atoms with Crippen LogP contribution in [0.1, 0.15) is 5.56 Å². The van der Waals surface area contributed by atoms with Crippen molar-refractivity contribution in [1.29, 1.82) is 0 Å². The molecule has 0 saturated heterocycles. The number of aromatic nitrogens is 2. The van der Waals surface area contributed by atoms with Crippen LogP contribution in [0.2, 0.25) is 0 Å². The summed E-state index contributed by atoms with van der Waals surface area (Å²) in [6.45, 7) is -1.05. The molecule has 0 aliphatic rings. The van der Waals surface area contributed by atoms with Crippen molar-refractivity contribution in [1.82, 2.24) is 9.78 Å². The van der Waals surface area contributed by atoms with Gasteiger partial charge in [-0.25, -0.2) is 4.39 Å². The number of hydrogen-bond donors (Lipinski definition) is 0. The summed E-state index contributed by atoms with van der Waals surface area (Å²) in [5.41, 5.74) is -0.331. The Bertz CT molecular complexity index is 239. The van der Waals surface area contributed by atoms with E-state index in [0.717, 1.165) is 0 Å². The highest BCUT2D eigenvalue weighted by Crippen LogP contribution is 2.20. The molecule has 0 atom stereocenters. The molecule has 0 aliphatic carbocycles. The van der Waals surface area contributed by atoms with Crippen molar-refractivity contribution < 1.29 is 17.6 Å². The van der Waals surface area contributed by atoms with Crippen LogP contribution in [0.25, 0.3) is 0 Å². The van der Waals surface area contributed by atoms with Crippen LogP contribution in [0.4, 0.5) is 17.6 Å². The molecule has 0 unspecified atom stereocenters. The third-order valence-electron chi connectivity index (χ3n) is 0.900. The van der Waals surface area contributed by atoms with Gasteiger partial charge in [0.15, 0.2) is 0 Å². The minimum absolute atomic E-state index is 0.331. The van der Waals surface area contributed by atoms with Crippen molar-refractivity contribution in [2.75, 3.05) is 0 Å². The van der Waals surface area contributed by atoms with Crippen LogP contribution >= 0.6 is 0 Å². The summed E-state index contributed by atoms with van der Waals surface area (Å²) >= 11 is 0. The second-order valence-corrected chi connectivity index (χ2v) is 1.72. The highest BCUT2D eigenvalue weighted by Gasteiger charge is 2.31. The second-order valence-electron chi connectivity index (χ2n) is 1.72. The third-order valence-corrected chi connectivity index (χ3v) is 0.900. The molecule has 1 aromatic heterocycles. The Kier molecular flexibility index (Phi) is 1.84. The van der Waals surface area contributed by atoms with E-state index < -0.39 is 17.7 Å². The number of halogens is 4. The molecule has 6 heteroatoms. The van der Waals surface area contributed by atoms with Gasteiger partial charge in [0, 0.05) is 5.56 Å². The zero-order chi connectivity index (χ0) is 8.48. The third kappa shape index (κ3) is 1.69. The van der Waals surface area contributed by atoms with Crippen molar-refractivity contribution in [3.63, 3.8) is 0 Å². The van der Waals surface area contributed by atoms with Crippen LogP contribution in [-0.4, -0.2) is 9.78 Å². The molecular formula is C5H2F4N2. The van der Waals surface area contributed by atoms with Crippen LogP contribution in [0.15, 0.2) is 0 Å². The first-order chi connectivity index (χ1) is 5.04. The summed E-state index contributed by atoms with van der Waals surface area (Å²) in [5.74, 6) is 0. The first-order valence-corrected chi connectivity index (χ1v) is 2.56. The molecule has 1 aromatic rings. The second kappa shape index (κ2) is 2.52. The topological polar surface area (TPSA) is 17.8 Å². The molecule has 0 amide bonds. The summed E-state index contributed by atoms with van der Waals surface area (Å²) in [5, 5.41) is 2.73. The van der Waals surface area contributed by atoms with E-state index in [9.17, 15) is 17.6 Å². The van der Waals surface area contributed by atoms with Crippen LogP contribution in [0, 0.1) is 12.4 Å². The lowest BCUT2D eigenvalue weighted by Gasteiger charge is -2.02. The maximum absolute atomic E-state index is 11.7. The molecule has 1 heterocycles. The van der Waals surface area contributed by atoms with Crippen LogP contribution < -0.4 is 0 Å². The molecule has 0 fully saturated rings. The zero-order valence-electron chi connectivity index (χ0n) is 5.11. The van der Waals surface area contributed by atoms with Crippen molar-refractivity contribution in [2.45, 2.75) is 13.0 Å². The molecule has 2 radical (unpaired) electrons. The van der Waals surface area contributed by atoms with Gasteiger partial charge >= 0.3 is 6.30 Å². The van der Waals surface area contributed by atoms with Crippen molar-refractivity contribution >= 4 is 0 Å². The smallest absolute Gasteiger partial charge is 0.246 e. The summed E-state index contributed by atoms with van der Waals surface area (Å²) in [6, 6.07) is 0. The van der Waals surface area contributed by atoms with E-state index in [1.165, 1.54) is 0 Å². The van der Waals surface area contributed by atoms with Gasteiger partial charge in [-0.2, -0.15) is 9.78 Å². The summed E-state index contributed by atoms with van der Waals surface area (Å²) in [6.07, 6.45) is -1.16. The quantitative estimate of drug-likeness (QED) is 0.577. The summed E-state index contributed by atoms with van der Waals surface area (Å²) in [7, 11) is 0. The molecule has 0 aliphatic heterocycles. The summed E-state index contributed by atoms with van der Waals surface area (Å²) in [4.78, 5) is 0. The number of alkyl halides is 4. The highest BCUT2D eigenvalue weighted by molar-refractivity contribution is 4.98. The predicted octanol–water partition coefficient (Wildman–Crippen LogP) is 1.43. The number of hydrogen-bond acceptors (Lipinski definition) is 1. The normalized spacial score (nSPS) is 12.0. The molecule has 0 aromatic carbocycles. The van der Waals surface area contributed by atoms with Gasteiger partial charge in [-0.05, 0) is 0 Å². The molecule has 0 saturated carbocycles. The Morgan fingerprint density at radius 2 is 2.09 bits per heavy atom. The van der Waals surface area contributed by atoms with Crippen molar-refractivity contribution in [3.8, 4) is 0 Å². The molecule has 60 valence electrons. The molecule has 0 N–H and O–H groups in total. The van der Waals surface area contributed by atoms with Gasteiger partial charge in [0.05, 0.1) is 0 Å². The zero-order valence-corrected chi connectivity index (χ0v) is 5.11. The average Bonchev–Trinajstić information content (AvgIpc) is 2.32. The Labute approximate surface area is 59.4 Å². The first kappa shape index (κ1) is 8.03. The van der Waals surface area contributed by atoms with E-state index in [-0.39, 0.29) is 5.56 Å². The van der Waals surface area contributed by atoms with E-state index in [0.29, 0.717) is 0 Å². The Balaban J connectivity index is 2.89. The monoisotopic (exact) mass is 166 g/mol. The minimum Gasteiger partial charge on any atom is -0.246 e. The number of nitrogens with zero attached hydrogens (tertiary/aromatic N) is 2. The fraction of sp³-hybridized carbons (Fsp3) is 0.400. The van der Waals surface area contributed by atoms with Gasteiger partial charge in [0.1, 0.15) is 19.1 Å². The standard InChI is InChI=1S/C5H2F4N2/c6-1-4-2-10-11(3-4)5(7,8)9/h1H2.